The summed E-state index contributed by atoms with van der Waals surface area (Å²) in [6.45, 7) is 4.44. The van der Waals surface area contributed by atoms with Crippen molar-refractivity contribution in [1.82, 2.24) is 20.0 Å². The molecule has 0 saturated carbocycles. The third-order valence-corrected chi connectivity index (χ3v) is 2.64. The van der Waals surface area contributed by atoms with Gasteiger partial charge in [-0.05, 0) is 18.8 Å². The third kappa shape index (κ3) is 2.44. The number of aromatic nitrogens is 4. The molecule has 0 bridgehead atoms. The Morgan fingerprint density at radius 2 is 2.37 bits per heavy atom. The van der Waals surface area contributed by atoms with Gasteiger partial charge in [0.1, 0.15) is 0 Å². The fraction of sp³-hybridized carbons (Fsp3) is 0.300. The Balaban J connectivity index is 2.15. The van der Waals surface area contributed by atoms with E-state index in [1.165, 1.54) is 6.20 Å². The van der Waals surface area contributed by atoms with Crippen molar-refractivity contribution < 1.29 is 9.72 Å². The summed E-state index contributed by atoms with van der Waals surface area (Å²) < 4.78 is 1.72. The predicted molar refractivity (Wildman–Crippen MR) is 65.8 cm³/mol. The maximum absolute atomic E-state index is 11.8. The van der Waals surface area contributed by atoms with Gasteiger partial charge in [0.25, 0.3) is 5.91 Å². The standard InChI is InChI=1S/C10H12N6O3/c1-3-15-6(2)8(5-11-15)12-10(17)7-4-9(14-13-7)16(18)19/h4-5H,3H2,1-2H3,(H,12,17)(H,13,14). The molecule has 1 amide bonds. The lowest BCUT2D eigenvalue weighted by Gasteiger charge is -2.02. The molecule has 0 unspecified atom stereocenters. The van der Waals surface area contributed by atoms with Crippen LogP contribution in [0.4, 0.5) is 11.5 Å². The van der Waals surface area contributed by atoms with E-state index in [0.29, 0.717) is 12.2 Å². The number of carbonyl (C=O) groups excluding carboxylic acids is 1. The minimum absolute atomic E-state index is 0.0460. The Bertz CT molecular complexity index is 629. The number of hydrogen-bond acceptors (Lipinski definition) is 5. The van der Waals surface area contributed by atoms with Crippen molar-refractivity contribution in [3.63, 3.8) is 0 Å². The highest BCUT2D eigenvalue weighted by Crippen LogP contribution is 2.15. The maximum atomic E-state index is 11.8. The van der Waals surface area contributed by atoms with Crippen LogP contribution in [0.25, 0.3) is 0 Å². The van der Waals surface area contributed by atoms with Gasteiger partial charge in [-0.15, -0.1) is 5.10 Å². The van der Waals surface area contributed by atoms with Crippen LogP contribution < -0.4 is 5.32 Å². The van der Waals surface area contributed by atoms with Crippen molar-refractivity contribution in [2.45, 2.75) is 20.4 Å². The lowest BCUT2D eigenvalue weighted by Crippen LogP contribution is -2.13. The summed E-state index contributed by atoms with van der Waals surface area (Å²) in [5.74, 6) is -0.853. The molecular weight excluding hydrogens is 252 g/mol. The second kappa shape index (κ2) is 4.88. The van der Waals surface area contributed by atoms with E-state index < -0.39 is 10.8 Å². The number of nitro groups is 1. The van der Waals surface area contributed by atoms with Gasteiger partial charge in [-0.1, -0.05) is 5.10 Å². The molecule has 2 N–H and O–H groups in total. The van der Waals surface area contributed by atoms with Crippen molar-refractivity contribution in [1.29, 1.82) is 0 Å². The summed E-state index contributed by atoms with van der Waals surface area (Å²) >= 11 is 0. The van der Waals surface area contributed by atoms with E-state index in [4.69, 9.17) is 0 Å². The van der Waals surface area contributed by atoms with Gasteiger partial charge >= 0.3 is 5.82 Å². The van der Waals surface area contributed by atoms with E-state index in [1.54, 1.807) is 4.68 Å². The normalized spacial score (nSPS) is 10.4. The van der Waals surface area contributed by atoms with Crippen molar-refractivity contribution in [2.75, 3.05) is 5.32 Å². The molecule has 0 radical (unpaired) electrons. The van der Waals surface area contributed by atoms with Gasteiger partial charge in [0.2, 0.25) is 0 Å². The zero-order valence-corrected chi connectivity index (χ0v) is 10.4. The van der Waals surface area contributed by atoms with Gasteiger partial charge in [0, 0.05) is 6.54 Å². The van der Waals surface area contributed by atoms with Gasteiger partial charge in [-0.25, -0.2) is 0 Å². The summed E-state index contributed by atoms with van der Waals surface area (Å²) in [4.78, 5) is 21.7. The van der Waals surface area contributed by atoms with Gasteiger partial charge in [-0.2, -0.15) is 5.10 Å². The first-order chi connectivity index (χ1) is 9.02. The van der Waals surface area contributed by atoms with E-state index in [-0.39, 0.29) is 11.5 Å². The molecule has 19 heavy (non-hydrogen) atoms. The average molecular weight is 264 g/mol. The number of nitrogens with zero attached hydrogens (tertiary/aromatic N) is 4. The largest absolute Gasteiger partial charge is 0.358 e. The number of amides is 1. The zero-order chi connectivity index (χ0) is 14.0. The number of aryl methyl sites for hydroxylation is 1. The summed E-state index contributed by atoms with van der Waals surface area (Å²) in [7, 11) is 0. The molecule has 9 nitrogen and oxygen atoms in total. The van der Waals surface area contributed by atoms with Crippen LogP contribution in [0.2, 0.25) is 0 Å². The van der Waals surface area contributed by atoms with Crippen LogP contribution in [-0.2, 0) is 6.54 Å². The second-order valence-corrected chi connectivity index (χ2v) is 3.81. The van der Waals surface area contributed by atoms with Crippen molar-refractivity contribution in [2.24, 2.45) is 0 Å². The molecule has 2 rings (SSSR count). The molecular formula is C10H12N6O3. The summed E-state index contributed by atoms with van der Waals surface area (Å²) in [5.41, 5.74) is 1.31. The Labute approximate surface area is 107 Å². The van der Waals surface area contributed by atoms with E-state index in [9.17, 15) is 14.9 Å². The van der Waals surface area contributed by atoms with Crippen molar-refractivity contribution in [3.05, 3.63) is 33.8 Å². The molecule has 0 fully saturated rings. The molecule has 0 aliphatic carbocycles. The second-order valence-electron chi connectivity index (χ2n) is 3.81. The average Bonchev–Trinajstić information content (AvgIpc) is 2.97. The topological polar surface area (TPSA) is 119 Å². The van der Waals surface area contributed by atoms with Crippen LogP contribution >= 0.6 is 0 Å². The first-order valence-electron chi connectivity index (χ1n) is 5.56. The van der Waals surface area contributed by atoms with Crippen LogP contribution in [0, 0.1) is 17.0 Å². The third-order valence-electron chi connectivity index (χ3n) is 2.64. The lowest BCUT2D eigenvalue weighted by atomic mass is 10.3. The Kier molecular flexibility index (Phi) is 3.27. The number of carbonyl (C=O) groups is 1. The number of rotatable bonds is 4. The molecule has 2 heterocycles. The van der Waals surface area contributed by atoms with Crippen LogP contribution in [0.3, 0.4) is 0 Å². The smallest absolute Gasteiger partial charge is 0.343 e. The Hall–Kier alpha value is -2.71. The number of aromatic amines is 1. The van der Waals surface area contributed by atoms with Gasteiger partial charge in [0.15, 0.2) is 5.69 Å². The van der Waals surface area contributed by atoms with E-state index in [1.807, 2.05) is 13.8 Å². The minimum atomic E-state index is -0.649. The first-order valence-corrected chi connectivity index (χ1v) is 5.56. The molecule has 9 heteroatoms. The van der Waals surface area contributed by atoms with Gasteiger partial charge < -0.3 is 15.4 Å². The minimum Gasteiger partial charge on any atom is -0.358 e. The number of nitrogens with one attached hydrogen (secondary N) is 2. The maximum Gasteiger partial charge on any atom is 0.343 e. The van der Waals surface area contributed by atoms with Crippen LogP contribution in [-0.4, -0.2) is 30.8 Å². The Morgan fingerprint density at radius 3 is 2.89 bits per heavy atom. The summed E-state index contributed by atoms with van der Waals surface area (Å²) in [6.07, 6.45) is 1.53. The molecule has 0 spiro atoms. The molecule has 0 saturated heterocycles. The van der Waals surface area contributed by atoms with Crippen molar-refractivity contribution >= 4 is 17.4 Å². The Morgan fingerprint density at radius 1 is 1.63 bits per heavy atom. The quantitative estimate of drug-likeness (QED) is 0.633. The zero-order valence-electron chi connectivity index (χ0n) is 10.4. The molecule has 0 aromatic carbocycles. The SMILES string of the molecule is CCn1ncc(NC(=O)c2cc([N+](=O)[O-])[nH]n2)c1C. The fourth-order valence-electron chi connectivity index (χ4n) is 1.60. The number of anilines is 1. The van der Waals surface area contributed by atoms with E-state index in [0.717, 1.165) is 11.8 Å². The van der Waals surface area contributed by atoms with Gasteiger partial charge in [0.05, 0.1) is 23.6 Å². The summed E-state index contributed by atoms with van der Waals surface area (Å²) in [6, 6.07) is 1.08. The highest BCUT2D eigenvalue weighted by molar-refractivity contribution is 6.03. The molecule has 2 aromatic rings. The molecule has 0 aliphatic heterocycles. The highest BCUT2D eigenvalue weighted by atomic mass is 16.6. The fourth-order valence-corrected chi connectivity index (χ4v) is 1.60. The van der Waals surface area contributed by atoms with Gasteiger partial charge in [-0.3, -0.25) is 9.48 Å². The number of H-pyrrole nitrogens is 1. The van der Waals surface area contributed by atoms with Crippen LogP contribution in [0.1, 0.15) is 23.1 Å². The summed E-state index contributed by atoms with van der Waals surface area (Å²) in [5, 5.41) is 22.9. The van der Waals surface area contributed by atoms with Crippen molar-refractivity contribution in [3.8, 4) is 0 Å². The highest BCUT2D eigenvalue weighted by Gasteiger charge is 2.18. The van der Waals surface area contributed by atoms with E-state index in [2.05, 4.69) is 20.6 Å². The van der Waals surface area contributed by atoms with E-state index >= 15 is 0 Å². The lowest BCUT2D eigenvalue weighted by molar-refractivity contribution is -0.389. The van der Waals surface area contributed by atoms with Crippen LogP contribution in [0.5, 0.6) is 0 Å². The molecule has 100 valence electrons. The monoisotopic (exact) mass is 264 g/mol. The predicted octanol–water partition coefficient (Wildman–Crippen LogP) is 1.10. The molecule has 0 atom stereocenters. The number of hydrogen-bond donors (Lipinski definition) is 2. The molecule has 2 aromatic heterocycles. The first kappa shape index (κ1) is 12.7. The van der Waals surface area contributed by atoms with Crippen LogP contribution in [0.15, 0.2) is 12.3 Å². The molecule has 0 aliphatic rings.